The maximum absolute atomic E-state index is 5.88. The van der Waals surface area contributed by atoms with E-state index in [9.17, 15) is 0 Å². The fourth-order valence-corrected chi connectivity index (χ4v) is 2.74. The topological polar surface area (TPSA) is 0 Å². The molecule has 0 saturated carbocycles. The van der Waals surface area contributed by atoms with Crippen molar-refractivity contribution in [3.05, 3.63) is 58.1 Å². The van der Waals surface area contributed by atoms with E-state index in [-0.39, 0.29) is 0 Å². The van der Waals surface area contributed by atoms with Gasteiger partial charge < -0.3 is 0 Å². The summed E-state index contributed by atoms with van der Waals surface area (Å²) in [7, 11) is 0. The summed E-state index contributed by atoms with van der Waals surface area (Å²) in [6.07, 6.45) is 0. The molecule has 0 aliphatic carbocycles. The van der Waals surface area contributed by atoms with E-state index in [4.69, 9.17) is 23.2 Å². The third-order valence-corrected chi connectivity index (χ3v) is 4.32. The van der Waals surface area contributed by atoms with Crippen LogP contribution in [0.4, 0.5) is 0 Å². The predicted octanol–water partition coefficient (Wildman–Crippen LogP) is 6.06. The normalized spacial score (nSPS) is 11.1. The number of benzene rings is 2. The van der Waals surface area contributed by atoms with E-state index in [1.165, 1.54) is 33.4 Å². The summed E-state index contributed by atoms with van der Waals surface area (Å²) in [4.78, 5) is -0.463. The minimum absolute atomic E-state index is 0.463. The van der Waals surface area contributed by atoms with Crippen LogP contribution in [0.2, 0.25) is 0 Å². The van der Waals surface area contributed by atoms with Crippen LogP contribution >= 0.6 is 23.2 Å². The first kappa shape index (κ1) is 14.4. The van der Waals surface area contributed by atoms with Crippen molar-refractivity contribution in [3.63, 3.8) is 0 Å². The Morgan fingerprint density at radius 3 is 1.68 bits per heavy atom. The zero-order valence-electron chi connectivity index (χ0n) is 11.7. The molecule has 0 fully saturated rings. The summed E-state index contributed by atoms with van der Waals surface area (Å²) in [5, 5.41) is 0. The molecule has 19 heavy (non-hydrogen) atoms. The lowest BCUT2D eigenvalue weighted by molar-refractivity contribution is 1.24. The number of aryl methyl sites for hydroxylation is 2. The lowest BCUT2D eigenvalue weighted by Gasteiger charge is -2.16. The smallest absolute Gasteiger partial charge is 0.100 e. The van der Waals surface area contributed by atoms with Crippen LogP contribution in [0.25, 0.3) is 11.1 Å². The predicted molar refractivity (Wildman–Crippen MR) is 85.3 cm³/mol. The van der Waals surface area contributed by atoms with Crippen LogP contribution in [-0.4, -0.2) is 0 Å². The van der Waals surface area contributed by atoms with Crippen LogP contribution in [0.5, 0.6) is 0 Å². The third kappa shape index (κ3) is 2.80. The molecule has 0 amide bonds. The molecule has 0 aliphatic rings. The van der Waals surface area contributed by atoms with E-state index < -0.39 is 4.84 Å². The van der Waals surface area contributed by atoms with Crippen molar-refractivity contribution in [2.24, 2.45) is 0 Å². The van der Waals surface area contributed by atoms with Gasteiger partial charge in [0.2, 0.25) is 0 Å². The zero-order chi connectivity index (χ0) is 14.2. The first-order valence-electron chi connectivity index (χ1n) is 6.37. The van der Waals surface area contributed by atoms with Crippen molar-refractivity contribution in [2.75, 3.05) is 0 Å². The molecule has 0 aromatic heterocycles. The number of hydrogen-bond acceptors (Lipinski definition) is 0. The summed E-state index contributed by atoms with van der Waals surface area (Å²) in [6.45, 7) is 8.67. The molecule has 0 bridgehead atoms. The minimum Gasteiger partial charge on any atom is -0.100 e. The summed E-state index contributed by atoms with van der Waals surface area (Å²) in [5.41, 5.74) is 8.81. The Bertz CT molecular complexity index is 569. The quantitative estimate of drug-likeness (QED) is 0.590. The molecule has 0 nitrogen and oxygen atoms in total. The van der Waals surface area contributed by atoms with Crippen molar-refractivity contribution in [3.8, 4) is 11.1 Å². The highest BCUT2D eigenvalue weighted by Gasteiger charge is 2.11. The van der Waals surface area contributed by atoms with Crippen LogP contribution in [-0.2, 0) is 0 Å². The summed E-state index contributed by atoms with van der Waals surface area (Å²) < 4.78 is 0. The van der Waals surface area contributed by atoms with Crippen molar-refractivity contribution >= 4 is 23.2 Å². The second kappa shape index (κ2) is 5.56. The molecule has 2 aromatic rings. The molecule has 0 unspecified atom stereocenters. The molecule has 0 spiro atoms. The number of alkyl halides is 2. The van der Waals surface area contributed by atoms with Gasteiger partial charge in [-0.3, -0.25) is 0 Å². The van der Waals surface area contributed by atoms with Crippen molar-refractivity contribution in [2.45, 2.75) is 32.5 Å². The maximum atomic E-state index is 5.88. The second-order valence-electron chi connectivity index (χ2n) is 5.06. The molecular weight excluding hydrogens is 275 g/mol. The second-order valence-corrected chi connectivity index (χ2v) is 6.15. The van der Waals surface area contributed by atoms with Gasteiger partial charge in [0.25, 0.3) is 0 Å². The highest BCUT2D eigenvalue weighted by molar-refractivity contribution is 6.44. The largest absolute Gasteiger partial charge is 0.132 e. The van der Waals surface area contributed by atoms with Gasteiger partial charge in [-0.2, -0.15) is 0 Å². The molecule has 2 heteroatoms. The first-order valence-corrected chi connectivity index (χ1v) is 7.25. The van der Waals surface area contributed by atoms with E-state index in [2.05, 4.69) is 45.9 Å². The van der Waals surface area contributed by atoms with Gasteiger partial charge in [-0.15, -0.1) is 23.2 Å². The average Bonchev–Trinajstić information content (AvgIpc) is 2.37. The molecule has 0 aliphatic heterocycles. The molecular formula is C17H18Cl2. The molecule has 2 rings (SSSR count). The average molecular weight is 293 g/mol. The molecule has 2 aromatic carbocycles. The Kier molecular flexibility index (Phi) is 4.23. The SMILES string of the molecule is Cc1cc(C)c(C)c(-c2ccc(C(Cl)Cl)cc2)c1C. The Labute approximate surface area is 125 Å². The Hall–Kier alpha value is -0.980. The number of rotatable bonds is 2. The molecule has 0 heterocycles. The first-order chi connectivity index (χ1) is 8.91. The molecule has 100 valence electrons. The van der Waals surface area contributed by atoms with E-state index in [0.29, 0.717) is 0 Å². The van der Waals surface area contributed by atoms with Crippen LogP contribution in [0, 0.1) is 27.7 Å². The minimum atomic E-state index is -0.463. The fraction of sp³-hybridized carbons (Fsp3) is 0.294. The van der Waals surface area contributed by atoms with E-state index in [1.54, 1.807) is 0 Å². The van der Waals surface area contributed by atoms with Crippen LogP contribution in [0.3, 0.4) is 0 Å². The van der Waals surface area contributed by atoms with Gasteiger partial charge >= 0.3 is 0 Å². The van der Waals surface area contributed by atoms with Gasteiger partial charge in [0.1, 0.15) is 4.84 Å². The standard InChI is InChI=1S/C17H18Cl2/c1-10-9-11(2)13(4)16(12(10)3)14-5-7-15(8-6-14)17(18)19/h5-9,17H,1-4H3. The van der Waals surface area contributed by atoms with Gasteiger partial charge in [0, 0.05) is 0 Å². The maximum Gasteiger partial charge on any atom is 0.132 e. The van der Waals surface area contributed by atoms with Gasteiger partial charge in [0.15, 0.2) is 0 Å². The van der Waals surface area contributed by atoms with Gasteiger partial charge in [0.05, 0.1) is 0 Å². The highest BCUT2D eigenvalue weighted by Crippen LogP contribution is 2.33. The van der Waals surface area contributed by atoms with Crippen molar-refractivity contribution < 1.29 is 0 Å². The molecule has 0 radical (unpaired) electrons. The van der Waals surface area contributed by atoms with Gasteiger partial charge in [-0.1, -0.05) is 30.3 Å². The Morgan fingerprint density at radius 1 is 0.789 bits per heavy atom. The van der Waals surface area contributed by atoms with Crippen molar-refractivity contribution in [1.29, 1.82) is 0 Å². The Morgan fingerprint density at radius 2 is 1.26 bits per heavy atom. The lowest BCUT2D eigenvalue weighted by Crippen LogP contribution is -1.95. The van der Waals surface area contributed by atoms with E-state index in [1.807, 2.05) is 12.1 Å². The van der Waals surface area contributed by atoms with Crippen LogP contribution < -0.4 is 0 Å². The fourth-order valence-electron chi connectivity index (χ4n) is 2.45. The third-order valence-electron chi connectivity index (χ3n) is 3.82. The number of halogens is 2. The zero-order valence-corrected chi connectivity index (χ0v) is 13.2. The van der Waals surface area contributed by atoms with Crippen LogP contribution in [0.15, 0.2) is 30.3 Å². The highest BCUT2D eigenvalue weighted by atomic mass is 35.5. The molecule has 0 atom stereocenters. The molecule has 0 saturated heterocycles. The van der Waals surface area contributed by atoms with E-state index >= 15 is 0 Å². The summed E-state index contributed by atoms with van der Waals surface area (Å²) in [5.74, 6) is 0. The van der Waals surface area contributed by atoms with Gasteiger partial charge in [-0.05, 0) is 66.6 Å². The van der Waals surface area contributed by atoms with Crippen molar-refractivity contribution in [1.82, 2.24) is 0 Å². The van der Waals surface area contributed by atoms with Crippen LogP contribution in [0.1, 0.15) is 32.7 Å². The lowest BCUT2D eigenvalue weighted by atomic mass is 9.89. The monoisotopic (exact) mass is 292 g/mol. The Balaban J connectivity index is 2.59. The van der Waals surface area contributed by atoms with Gasteiger partial charge in [-0.25, -0.2) is 0 Å². The summed E-state index contributed by atoms with van der Waals surface area (Å²) in [6, 6.07) is 10.4. The number of hydrogen-bond donors (Lipinski definition) is 0. The molecule has 0 N–H and O–H groups in total. The summed E-state index contributed by atoms with van der Waals surface area (Å²) >= 11 is 11.8. The van der Waals surface area contributed by atoms with E-state index in [0.717, 1.165) is 5.56 Å².